The molecule has 2 rings (SSSR count). The maximum atomic E-state index is 12.1. The van der Waals surface area contributed by atoms with Crippen LogP contribution in [0.15, 0.2) is 36.7 Å². The first-order valence-corrected chi connectivity index (χ1v) is 6.69. The molecule has 0 aliphatic carbocycles. The van der Waals surface area contributed by atoms with Crippen molar-refractivity contribution in [3.8, 4) is 6.07 Å². The van der Waals surface area contributed by atoms with Gasteiger partial charge in [-0.25, -0.2) is 0 Å². The normalized spacial score (nSPS) is 10.6. The molecule has 0 saturated carbocycles. The van der Waals surface area contributed by atoms with Crippen LogP contribution in [-0.2, 0) is 18.9 Å². The molecule has 0 saturated heterocycles. The number of hydrogen-bond acceptors (Lipinski definition) is 5. The van der Waals surface area contributed by atoms with Crippen LogP contribution in [0.2, 0.25) is 0 Å². The van der Waals surface area contributed by atoms with Crippen molar-refractivity contribution in [1.82, 2.24) is 9.97 Å². The summed E-state index contributed by atoms with van der Waals surface area (Å²) < 4.78 is 72.4. The van der Waals surface area contributed by atoms with E-state index < -0.39 is 29.3 Å². The summed E-state index contributed by atoms with van der Waals surface area (Å²) in [6.45, 7) is -0.150. The number of pyridine rings is 2. The van der Waals surface area contributed by atoms with E-state index >= 15 is 0 Å². The van der Waals surface area contributed by atoms with Crippen molar-refractivity contribution in [3.05, 3.63) is 59.2 Å². The molecular formula is C15H14F6N4O. The first-order chi connectivity index (χ1) is 12.1. The van der Waals surface area contributed by atoms with Crippen molar-refractivity contribution in [2.45, 2.75) is 18.9 Å². The molecule has 2 aromatic rings. The van der Waals surface area contributed by atoms with Gasteiger partial charge in [0.1, 0.15) is 11.8 Å². The van der Waals surface area contributed by atoms with Crippen molar-refractivity contribution in [1.29, 1.82) is 5.26 Å². The highest BCUT2D eigenvalue weighted by Gasteiger charge is 2.35. The van der Waals surface area contributed by atoms with Crippen LogP contribution in [0.5, 0.6) is 0 Å². The summed E-state index contributed by atoms with van der Waals surface area (Å²) in [6, 6.07) is 6.53. The summed E-state index contributed by atoms with van der Waals surface area (Å²) >= 11 is 0. The number of aliphatic hydroxyl groups is 1. The summed E-state index contributed by atoms with van der Waals surface area (Å²) in [5, 5.41) is 15.3. The van der Waals surface area contributed by atoms with Crippen LogP contribution in [0.25, 0.3) is 0 Å². The fourth-order valence-corrected chi connectivity index (χ4v) is 1.58. The Morgan fingerprint density at radius 2 is 1.42 bits per heavy atom. The lowest BCUT2D eigenvalue weighted by Gasteiger charge is -2.08. The Morgan fingerprint density at radius 3 is 1.77 bits per heavy atom. The fourth-order valence-electron chi connectivity index (χ4n) is 1.58. The van der Waals surface area contributed by atoms with Gasteiger partial charge < -0.3 is 10.8 Å². The summed E-state index contributed by atoms with van der Waals surface area (Å²) in [5.74, 6) is 0. The molecule has 3 N–H and O–H groups in total. The predicted molar refractivity (Wildman–Crippen MR) is 79.2 cm³/mol. The molecule has 26 heavy (non-hydrogen) atoms. The molecule has 0 aliphatic heterocycles. The van der Waals surface area contributed by atoms with Gasteiger partial charge in [0.2, 0.25) is 0 Å². The van der Waals surface area contributed by atoms with Crippen LogP contribution >= 0.6 is 0 Å². The molecule has 0 unspecified atom stereocenters. The maximum Gasteiger partial charge on any atom is 0.434 e. The third-order valence-corrected chi connectivity index (χ3v) is 2.58. The summed E-state index contributed by atoms with van der Waals surface area (Å²) in [4.78, 5) is 6.29. The van der Waals surface area contributed by atoms with E-state index in [9.17, 15) is 26.3 Å². The minimum atomic E-state index is -4.55. The molecule has 5 nitrogen and oxygen atoms in total. The van der Waals surface area contributed by atoms with E-state index in [1.165, 1.54) is 24.3 Å². The molecule has 11 heteroatoms. The Morgan fingerprint density at radius 1 is 0.962 bits per heavy atom. The van der Waals surface area contributed by atoms with E-state index in [1.54, 1.807) is 0 Å². The van der Waals surface area contributed by atoms with Crippen molar-refractivity contribution in [3.63, 3.8) is 0 Å². The number of aliphatic hydroxyl groups excluding tert-OH is 1. The maximum absolute atomic E-state index is 12.1. The molecule has 0 amide bonds. The van der Waals surface area contributed by atoms with E-state index in [1.807, 2.05) is 0 Å². The average Bonchev–Trinajstić information content (AvgIpc) is 2.62. The Kier molecular flexibility index (Phi) is 9.24. The number of aromatic nitrogens is 2. The molecule has 0 aliphatic rings. The number of alkyl halides is 6. The number of rotatable bonds is 1. The van der Waals surface area contributed by atoms with Gasteiger partial charge in [0.25, 0.3) is 0 Å². The van der Waals surface area contributed by atoms with Crippen LogP contribution in [0.4, 0.5) is 26.3 Å². The molecular weight excluding hydrogens is 366 g/mol. The lowest BCUT2D eigenvalue weighted by Crippen LogP contribution is -2.13. The third-order valence-electron chi connectivity index (χ3n) is 2.58. The number of hydrogen-bond donors (Lipinski definition) is 2. The van der Waals surface area contributed by atoms with Crippen LogP contribution in [0.3, 0.4) is 0 Å². The lowest BCUT2D eigenvalue weighted by atomic mass is 10.2. The Labute approximate surface area is 144 Å². The number of nitrogens with two attached hydrogens (primary N) is 1. The van der Waals surface area contributed by atoms with Crippen molar-refractivity contribution < 1.29 is 31.4 Å². The molecule has 0 bridgehead atoms. The first kappa shape index (κ1) is 23.3. The Balaban J connectivity index is 0.000000439. The number of nitriles is 1. The topological polar surface area (TPSA) is 95.8 Å². The van der Waals surface area contributed by atoms with Crippen molar-refractivity contribution >= 4 is 0 Å². The highest BCUT2D eigenvalue weighted by molar-refractivity contribution is 5.34. The minimum Gasteiger partial charge on any atom is -0.400 e. The summed E-state index contributed by atoms with van der Waals surface area (Å²) in [5.41, 5.74) is 2.64. The second kappa shape index (κ2) is 10.3. The molecule has 0 fully saturated rings. The summed E-state index contributed by atoms with van der Waals surface area (Å²) in [6.07, 6.45) is -6.85. The van der Waals surface area contributed by atoms with E-state index in [0.717, 1.165) is 25.6 Å². The van der Waals surface area contributed by atoms with Crippen molar-refractivity contribution in [2.24, 2.45) is 5.73 Å². The van der Waals surface area contributed by atoms with E-state index in [-0.39, 0.29) is 12.1 Å². The first-order valence-electron chi connectivity index (χ1n) is 6.69. The zero-order valence-electron chi connectivity index (χ0n) is 13.3. The molecule has 2 heterocycles. The van der Waals surface area contributed by atoms with Crippen molar-refractivity contribution in [2.75, 3.05) is 7.11 Å². The van der Waals surface area contributed by atoms with E-state index in [0.29, 0.717) is 0 Å². The Hall–Kier alpha value is -2.71. The zero-order valence-corrected chi connectivity index (χ0v) is 13.3. The van der Waals surface area contributed by atoms with Crippen LogP contribution < -0.4 is 5.73 Å². The zero-order chi connectivity index (χ0) is 20.4. The highest BCUT2D eigenvalue weighted by Crippen LogP contribution is 2.30. The van der Waals surface area contributed by atoms with Crippen LogP contribution in [0, 0.1) is 11.3 Å². The number of halogens is 6. The van der Waals surface area contributed by atoms with Gasteiger partial charge >= 0.3 is 12.4 Å². The van der Waals surface area contributed by atoms with Crippen LogP contribution in [-0.4, -0.2) is 22.2 Å². The standard InChI is InChI=1S/C7H7F3N2.C7H3F3N2.CH4O/c2*8-7(9,10)6-5(4-11)2-1-3-12-6;1-2/h1-3H,4,11H2;1-3H;2H,1H3. The van der Waals surface area contributed by atoms with Gasteiger partial charge in [-0.15, -0.1) is 0 Å². The molecule has 0 atom stereocenters. The minimum absolute atomic E-state index is 0.0185. The smallest absolute Gasteiger partial charge is 0.400 e. The van der Waals surface area contributed by atoms with Gasteiger partial charge in [-0.05, 0) is 23.8 Å². The van der Waals surface area contributed by atoms with Gasteiger partial charge in [-0.3, -0.25) is 9.97 Å². The molecule has 0 radical (unpaired) electrons. The van der Waals surface area contributed by atoms with E-state index in [4.69, 9.17) is 16.1 Å². The third kappa shape index (κ3) is 7.04. The molecule has 0 spiro atoms. The summed E-state index contributed by atoms with van der Waals surface area (Å²) in [7, 11) is 1.00. The second-order valence-corrected chi connectivity index (χ2v) is 4.22. The highest BCUT2D eigenvalue weighted by atomic mass is 19.4. The SMILES string of the molecule is CO.N#Cc1cccnc1C(F)(F)F.NCc1cccnc1C(F)(F)F. The predicted octanol–water partition coefficient (Wildman–Crippen LogP) is 3.14. The molecule has 0 aromatic carbocycles. The monoisotopic (exact) mass is 380 g/mol. The average molecular weight is 380 g/mol. The van der Waals surface area contributed by atoms with Gasteiger partial charge in [0, 0.05) is 26.0 Å². The second-order valence-electron chi connectivity index (χ2n) is 4.22. The number of nitrogens with zero attached hydrogens (tertiary/aromatic N) is 3. The largest absolute Gasteiger partial charge is 0.434 e. The van der Waals surface area contributed by atoms with E-state index in [2.05, 4.69) is 9.97 Å². The fraction of sp³-hybridized carbons (Fsp3) is 0.267. The van der Waals surface area contributed by atoms with Crippen LogP contribution in [0.1, 0.15) is 22.5 Å². The molecule has 2 aromatic heterocycles. The van der Waals surface area contributed by atoms with Gasteiger partial charge in [-0.1, -0.05) is 6.07 Å². The van der Waals surface area contributed by atoms with Gasteiger partial charge in [-0.2, -0.15) is 31.6 Å². The van der Waals surface area contributed by atoms with Gasteiger partial charge in [0.05, 0.1) is 5.56 Å². The lowest BCUT2D eigenvalue weighted by molar-refractivity contribution is -0.142. The quantitative estimate of drug-likeness (QED) is 0.741. The Bertz CT molecular complexity index is 725. The molecule has 142 valence electrons. The van der Waals surface area contributed by atoms with Gasteiger partial charge in [0.15, 0.2) is 5.69 Å².